The van der Waals surface area contributed by atoms with E-state index < -0.39 is 10.2 Å². The molecule has 0 saturated carbocycles. The van der Waals surface area contributed by atoms with Crippen LogP contribution < -0.4 is 4.74 Å². The molecule has 0 amide bonds. The molecule has 3 aliphatic heterocycles. The lowest BCUT2D eigenvalue weighted by Crippen LogP contribution is -2.52. The van der Waals surface area contributed by atoms with Gasteiger partial charge in [-0.1, -0.05) is 12.1 Å². The van der Waals surface area contributed by atoms with Crippen molar-refractivity contribution in [2.75, 3.05) is 59.5 Å². The number of nitriles is 1. The monoisotopic (exact) mass is 562 g/mol. The molecule has 6 rings (SSSR count). The van der Waals surface area contributed by atoms with Crippen molar-refractivity contribution in [3.63, 3.8) is 0 Å². The lowest BCUT2D eigenvalue weighted by molar-refractivity contribution is 0.0254. The van der Waals surface area contributed by atoms with Crippen LogP contribution in [0.5, 0.6) is 5.75 Å². The average Bonchev–Trinajstić information content (AvgIpc) is 3.41. The Bertz CT molecular complexity index is 1560. The van der Waals surface area contributed by atoms with Crippen molar-refractivity contribution in [2.45, 2.75) is 25.4 Å². The molecule has 0 spiro atoms. The molecule has 2 saturated heterocycles. The highest BCUT2D eigenvalue weighted by Gasteiger charge is 2.32. The van der Waals surface area contributed by atoms with E-state index in [4.69, 9.17) is 9.47 Å². The van der Waals surface area contributed by atoms with Crippen LogP contribution in [0.1, 0.15) is 30.4 Å². The minimum absolute atomic E-state index is 0.0581. The first-order valence-corrected chi connectivity index (χ1v) is 15.2. The van der Waals surface area contributed by atoms with Crippen molar-refractivity contribution >= 4 is 26.8 Å². The van der Waals surface area contributed by atoms with Crippen molar-refractivity contribution in [3.8, 4) is 22.9 Å². The lowest BCUT2D eigenvalue weighted by atomic mass is 9.98. The Morgan fingerprint density at radius 2 is 1.88 bits per heavy atom. The van der Waals surface area contributed by atoms with Crippen molar-refractivity contribution in [2.24, 2.45) is 0 Å². The van der Waals surface area contributed by atoms with Gasteiger partial charge in [0.15, 0.2) is 0 Å². The van der Waals surface area contributed by atoms with E-state index in [1.807, 2.05) is 43.7 Å². The molecular formula is C29H34N6O4S. The summed E-state index contributed by atoms with van der Waals surface area (Å²) in [5.74, 6) is 0.597. The van der Waals surface area contributed by atoms with E-state index in [-0.39, 0.29) is 6.10 Å². The summed E-state index contributed by atoms with van der Waals surface area (Å²) in [6.45, 7) is 4.70. The van der Waals surface area contributed by atoms with Gasteiger partial charge in [0.1, 0.15) is 23.6 Å². The van der Waals surface area contributed by atoms with Crippen molar-refractivity contribution in [1.82, 2.24) is 23.5 Å². The van der Waals surface area contributed by atoms with Gasteiger partial charge in [-0.05, 0) is 48.4 Å². The molecule has 5 heterocycles. The van der Waals surface area contributed by atoms with Crippen molar-refractivity contribution < 1.29 is 17.9 Å². The second-order valence-corrected chi connectivity index (χ2v) is 12.6. The maximum Gasteiger partial charge on any atom is 0.282 e. The molecule has 0 radical (unpaired) electrons. The van der Waals surface area contributed by atoms with Gasteiger partial charge in [0.05, 0.1) is 18.8 Å². The molecule has 40 heavy (non-hydrogen) atoms. The third-order valence-electron chi connectivity index (χ3n) is 8.06. The predicted molar refractivity (Wildman–Crippen MR) is 153 cm³/mol. The minimum Gasteiger partial charge on any atom is -0.489 e. The van der Waals surface area contributed by atoms with Crippen LogP contribution in [-0.4, -0.2) is 97.5 Å². The van der Waals surface area contributed by atoms with E-state index in [1.165, 1.54) is 0 Å². The quantitative estimate of drug-likeness (QED) is 0.491. The summed E-state index contributed by atoms with van der Waals surface area (Å²) in [6.07, 6.45) is 8.07. The number of hydrogen-bond acceptors (Lipinski definition) is 7. The summed E-state index contributed by atoms with van der Waals surface area (Å²) in [4.78, 5) is 10.0. The molecule has 1 aromatic carbocycles. The Hall–Kier alpha value is -3.27. The summed E-state index contributed by atoms with van der Waals surface area (Å²) < 4.78 is 41.1. The third-order valence-corrected chi connectivity index (χ3v) is 10.1. The van der Waals surface area contributed by atoms with Gasteiger partial charge in [-0.3, -0.25) is 0 Å². The Labute approximate surface area is 235 Å². The van der Waals surface area contributed by atoms with Gasteiger partial charge in [-0.15, -0.1) is 0 Å². The molecule has 3 aromatic rings. The number of ether oxygens (including phenoxy) is 2. The second kappa shape index (κ2) is 11.3. The van der Waals surface area contributed by atoms with Crippen LogP contribution in [0.2, 0.25) is 0 Å². The normalized spacial score (nSPS) is 20.4. The molecule has 2 fully saturated rings. The van der Waals surface area contributed by atoms with Crippen LogP contribution in [-0.2, 0) is 14.9 Å². The van der Waals surface area contributed by atoms with Crippen LogP contribution in [0.15, 0.2) is 42.7 Å². The van der Waals surface area contributed by atoms with Crippen molar-refractivity contribution in [1.29, 1.82) is 5.26 Å². The van der Waals surface area contributed by atoms with Gasteiger partial charge in [-0.2, -0.15) is 22.3 Å². The molecule has 11 heteroatoms. The summed E-state index contributed by atoms with van der Waals surface area (Å²) in [5.41, 5.74) is 5.18. The zero-order valence-electron chi connectivity index (χ0n) is 22.7. The van der Waals surface area contributed by atoms with E-state index in [0.29, 0.717) is 57.1 Å². The Morgan fingerprint density at radius 3 is 2.60 bits per heavy atom. The minimum atomic E-state index is -3.47. The molecule has 0 aliphatic carbocycles. The van der Waals surface area contributed by atoms with Crippen LogP contribution in [0.4, 0.5) is 0 Å². The fourth-order valence-corrected chi connectivity index (χ4v) is 7.12. The first-order chi connectivity index (χ1) is 19.4. The van der Waals surface area contributed by atoms with Gasteiger partial charge < -0.3 is 19.4 Å². The molecule has 0 unspecified atom stereocenters. The molecule has 0 bridgehead atoms. The van der Waals surface area contributed by atoms with E-state index in [2.05, 4.69) is 27.0 Å². The van der Waals surface area contributed by atoms with Crippen LogP contribution in [0, 0.1) is 11.3 Å². The topological polar surface area (TPSA) is 115 Å². The SMILES string of the molecule is CN1CCN(S(=O)(=O)N2CC=C(c3cnc4[nH]cc(-c5ccc(OC6CCOCC6)c(C#N)c5)c4c3)CC2)CC1. The van der Waals surface area contributed by atoms with Crippen LogP contribution in [0.3, 0.4) is 0 Å². The molecule has 210 valence electrons. The number of hydrogen-bond donors (Lipinski definition) is 1. The molecule has 2 aromatic heterocycles. The van der Waals surface area contributed by atoms with Crippen molar-refractivity contribution in [3.05, 3.63) is 53.9 Å². The first-order valence-electron chi connectivity index (χ1n) is 13.8. The highest BCUT2D eigenvalue weighted by Crippen LogP contribution is 2.34. The molecule has 3 aliphatic rings. The standard InChI is InChI=1S/C29H34N6O4S/c1-33-10-12-35(13-11-33)40(36,37)34-8-4-21(5-9-34)24-17-26-27(20-32-29(26)31-19-24)22-2-3-28(23(16-22)18-30)39-25-6-14-38-15-7-25/h2-4,16-17,19-20,25H,5-15H2,1H3,(H,31,32). The predicted octanol–water partition coefficient (Wildman–Crippen LogP) is 3.24. The first kappa shape index (κ1) is 26.9. The molecule has 10 nitrogen and oxygen atoms in total. The fraction of sp³-hybridized carbons (Fsp3) is 0.448. The Kier molecular flexibility index (Phi) is 7.61. The zero-order valence-corrected chi connectivity index (χ0v) is 23.5. The molecular weight excluding hydrogens is 528 g/mol. The van der Waals surface area contributed by atoms with E-state index >= 15 is 0 Å². The maximum atomic E-state index is 13.2. The number of piperazine rings is 1. The highest BCUT2D eigenvalue weighted by molar-refractivity contribution is 7.86. The number of rotatable bonds is 6. The van der Waals surface area contributed by atoms with Gasteiger partial charge in [0.25, 0.3) is 10.2 Å². The number of nitrogens with zero attached hydrogens (tertiary/aromatic N) is 5. The number of nitrogens with one attached hydrogen (secondary N) is 1. The summed E-state index contributed by atoms with van der Waals surface area (Å²) in [6, 6.07) is 10.1. The van der Waals surface area contributed by atoms with E-state index in [0.717, 1.165) is 59.2 Å². The largest absolute Gasteiger partial charge is 0.489 e. The fourth-order valence-electron chi connectivity index (χ4n) is 5.58. The number of aromatic nitrogens is 2. The average molecular weight is 563 g/mol. The van der Waals surface area contributed by atoms with Crippen LogP contribution in [0.25, 0.3) is 27.7 Å². The summed E-state index contributed by atoms with van der Waals surface area (Å²) in [5, 5.41) is 10.8. The number of benzene rings is 1. The van der Waals surface area contributed by atoms with Gasteiger partial charge in [0.2, 0.25) is 0 Å². The number of pyridine rings is 1. The maximum absolute atomic E-state index is 13.2. The second-order valence-electron chi connectivity index (χ2n) is 10.6. The lowest BCUT2D eigenvalue weighted by Gasteiger charge is -2.36. The van der Waals surface area contributed by atoms with Gasteiger partial charge in [0, 0.05) is 75.5 Å². The smallest absolute Gasteiger partial charge is 0.282 e. The number of fused-ring (bicyclic) bond motifs is 1. The zero-order chi connectivity index (χ0) is 27.7. The van der Waals surface area contributed by atoms with Crippen LogP contribution >= 0.6 is 0 Å². The summed E-state index contributed by atoms with van der Waals surface area (Å²) in [7, 11) is -1.46. The van der Waals surface area contributed by atoms with E-state index in [9.17, 15) is 13.7 Å². The molecule has 0 atom stereocenters. The number of H-pyrrole nitrogens is 1. The molecule has 1 N–H and O–H groups in total. The highest BCUT2D eigenvalue weighted by atomic mass is 32.2. The Morgan fingerprint density at radius 1 is 1.07 bits per heavy atom. The third kappa shape index (κ3) is 5.38. The summed E-state index contributed by atoms with van der Waals surface area (Å²) >= 11 is 0. The number of likely N-dealkylation sites (N-methyl/N-ethyl adjacent to an activating group) is 1. The number of aromatic amines is 1. The Balaban J connectivity index is 1.22. The van der Waals surface area contributed by atoms with E-state index in [1.54, 1.807) is 8.61 Å². The van der Waals surface area contributed by atoms with Gasteiger partial charge >= 0.3 is 0 Å². The van der Waals surface area contributed by atoms with Gasteiger partial charge in [-0.25, -0.2) is 4.98 Å².